The van der Waals surface area contributed by atoms with E-state index in [0.717, 1.165) is 5.75 Å². The minimum Gasteiger partial charge on any atom is -0.398 e. The Hall–Kier alpha value is -0.340. The van der Waals surface area contributed by atoms with Gasteiger partial charge in [0.2, 0.25) is 0 Å². The van der Waals surface area contributed by atoms with Gasteiger partial charge >= 0.3 is 0 Å². The summed E-state index contributed by atoms with van der Waals surface area (Å²) in [4.78, 5) is 1.19. The predicted octanol–water partition coefficient (Wildman–Crippen LogP) is 4.45. The number of nitrogens with two attached hydrogens (primary N) is 1. The molecule has 84 valence electrons. The van der Waals surface area contributed by atoms with Gasteiger partial charge in [-0.05, 0) is 35.8 Å². The molecule has 1 nitrogen and oxygen atoms in total. The second-order valence-corrected chi connectivity index (χ2v) is 6.42. The Morgan fingerprint density at radius 2 is 2.00 bits per heavy atom. The van der Waals surface area contributed by atoms with Crippen molar-refractivity contribution in [2.75, 3.05) is 11.5 Å². The van der Waals surface area contributed by atoms with Crippen molar-refractivity contribution in [3.63, 3.8) is 0 Å². The maximum absolute atomic E-state index is 5.94. The van der Waals surface area contributed by atoms with Crippen LogP contribution in [0.15, 0.2) is 23.1 Å². The largest absolute Gasteiger partial charge is 0.398 e. The first-order valence-electron chi connectivity index (χ1n) is 5.06. The Kier molecular flexibility index (Phi) is 4.35. The number of thioether (sulfide) groups is 1. The summed E-state index contributed by atoms with van der Waals surface area (Å²) in [6.45, 7) is 6.76. The molecule has 1 rings (SSSR count). The maximum Gasteiger partial charge on any atom is 0.0646 e. The lowest BCUT2D eigenvalue weighted by atomic mass is 9.94. The molecule has 0 saturated heterocycles. The molecule has 2 N–H and O–H groups in total. The molecule has 0 aromatic heterocycles. The SMILES string of the molecule is CC(C)(C)CCSc1ccc(N)c(Cl)c1. The zero-order chi connectivity index (χ0) is 11.5. The first-order valence-corrected chi connectivity index (χ1v) is 6.43. The lowest BCUT2D eigenvalue weighted by Gasteiger charge is -2.17. The van der Waals surface area contributed by atoms with Gasteiger partial charge in [-0.3, -0.25) is 0 Å². The van der Waals surface area contributed by atoms with Crippen molar-refractivity contribution in [3.8, 4) is 0 Å². The molecule has 0 spiro atoms. The van der Waals surface area contributed by atoms with Gasteiger partial charge in [-0.2, -0.15) is 0 Å². The Bertz CT molecular complexity index is 331. The summed E-state index contributed by atoms with van der Waals surface area (Å²) in [6, 6.07) is 5.82. The van der Waals surface area contributed by atoms with Crippen molar-refractivity contribution < 1.29 is 0 Å². The third-order valence-electron chi connectivity index (χ3n) is 2.09. The molecule has 0 radical (unpaired) electrons. The lowest BCUT2D eigenvalue weighted by molar-refractivity contribution is 0.401. The Balaban J connectivity index is 2.48. The number of anilines is 1. The molecule has 1 aromatic rings. The second-order valence-electron chi connectivity index (χ2n) is 4.84. The fourth-order valence-corrected chi connectivity index (χ4v) is 2.63. The molecule has 0 heterocycles. The standard InChI is InChI=1S/C12H18ClNS/c1-12(2,3)6-7-15-9-4-5-11(14)10(13)8-9/h4-5,8H,6-7,14H2,1-3H3. The van der Waals surface area contributed by atoms with Crippen molar-refractivity contribution in [3.05, 3.63) is 23.2 Å². The molecule has 3 heteroatoms. The van der Waals surface area contributed by atoms with Gasteiger partial charge in [-0.15, -0.1) is 11.8 Å². The van der Waals surface area contributed by atoms with Crippen LogP contribution in [0.2, 0.25) is 5.02 Å². The Morgan fingerprint density at radius 1 is 1.33 bits per heavy atom. The van der Waals surface area contributed by atoms with Gasteiger partial charge < -0.3 is 5.73 Å². The van der Waals surface area contributed by atoms with Crippen molar-refractivity contribution in [1.29, 1.82) is 0 Å². The molecule has 0 aliphatic rings. The zero-order valence-corrected chi connectivity index (χ0v) is 11.1. The quantitative estimate of drug-likeness (QED) is 0.627. The average molecular weight is 244 g/mol. The number of hydrogen-bond donors (Lipinski definition) is 1. The van der Waals surface area contributed by atoms with E-state index in [2.05, 4.69) is 20.8 Å². The van der Waals surface area contributed by atoms with E-state index in [1.54, 1.807) is 0 Å². The predicted molar refractivity (Wildman–Crippen MR) is 70.7 cm³/mol. The molecule has 0 amide bonds. The Labute approximate surface area is 101 Å². The number of rotatable bonds is 3. The van der Waals surface area contributed by atoms with Crippen LogP contribution in [0.3, 0.4) is 0 Å². The van der Waals surface area contributed by atoms with Crippen LogP contribution >= 0.6 is 23.4 Å². The van der Waals surface area contributed by atoms with E-state index in [4.69, 9.17) is 17.3 Å². The van der Waals surface area contributed by atoms with Crippen LogP contribution in [0.5, 0.6) is 0 Å². The topological polar surface area (TPSA) is 26.0 Å². The number of hydrogen-bond acceptors (Lipinski definition) is 2. The molecule has 0 aliphatic carbocycles. The Morgan fingerprint density at radius 3 is 2.53 bits per heavy atom. The van der Waals surface area contributed by atoms with Crippen LogP contribution in [0.4, 0.5) is 5.69 Å². The van der Waals surface area contributed by atoms with Crippen LogP contribution in [0.25, 0.3) is 0 Å². The second kappa shape index (κ2) is 5.13. The number of benzene rings is 1. The summed E-state index contributed by atoms with van der Waals surface area (Å²) in [5.41, 5.74) is 6.69. The first-order chi connectivity index (χ1) is 6.88. The van der Waals surface area contributed by atoms with Crippen molar-refractivity contribution in [1.82, 2.24) is 0 Å². The monoisotopic (exact) mass is 243 g/mol. The molecular formula is C12H18ClNS. The molecule has 0 atom stereocenters. The van der Waals surface area contributed by atoms with Gasteiger partial charge in [0, 0.05) is 4.90 Å². The summed E-state index contributed by atoms with van der Waals surface area (Å²) in [5.74, 6) is 1.11. The van der Waals surface area contributed by atoms with Gasteiger partial charge in [-0.1, -0.05) is 32.4 Å². The number of nitrogen functional groups attached to an aromatic ring is 1. The van der Waals surface area contributed by atoms with Crippen LogP contribution in [0, 0.1) is 5.41 Å². The minimum absolute atomic E-state index is 0.393. The smallest absolute Gasteiger partial charge is 0.0646 e. The van der Waals surface area contributed by atoms with Crippen molar-refractivity contribution >= 4 is 29.1 Å². The molecular weight excluding hydrogens is 226 g/mol. The summed E-state index contributed by atoms with van der Waals surface area (Å²) in [5, 5.41) is 0.649. The summed E-state index contributed by atoms with van der Waals surface area (Å²) in [7, 11) is 0. The molecule has 15 heavy (non-hydrogen) atoms. The van der Waals surface area contributed by atoms with Crippen LogP contribution in [-0.2, 0) is 0 Å². The molecule has 0 aliphatic heterocycles. The average Bonchev–Trinajstić information content (AvgIpc) is 2.09. The molecule has 0 saturated carbocycles. The van der Waals surface area contributed by atoms with Gasteiger partial charge in [-0.25, -0.2) is 0 Å². The van der Waals surface area contributed by atoms with E-state index in [0.29, 0.717) is 16.1 Å². The molecule has 1 aromatic carbocycles. The van der Waals surface area contributed by atoms with Gasteiger partial charge in [0.25, 0.3) is 0 Å². The maximum atomic E-state index is 5.94. The van der Waals surface area contributed by atoms with Gasteiger partial charge in [0.05, 0.1) is 10.7 Å². The van der Waals surface area contributed by atoms with E-state index in [-0.39, 0.29) is 0 Å². The minimum atomic E-state index is 0.393. The third-order valence-corrected chi connectivity index (χ3v) is 3.42. The highest BCUT2D eigenvalue weighted by molar-refractivity contribution is 7.99. The van der Waals surface area contributed by atoms with E-state index in [9.17, 15) is 0 Å². The fraction of sp³-hybridized carbons (Fsp3) is 0.500. The van der Waals surface area contributed by atoms with Crippen molar-refractivity contribution in [2.45, 2.75) is 32.1 Å². The molecule has 0 fully saturated rings. The van der Waals surface area contributed by atoms with E-state index in [1.165, 1.54) is 11.3 Å². The highest BCUT2D eigenvalue weighted by atomic mass is 35.5. The van der Waals surface area contributed by atoms with E-state index >= 15 is 0 Å². The number of halogens is 1. The lowest BCUT2D eigenvalue weighted by Crippen LogP contribution is -2.05. The highest BCUT2D eigenvalue weighted by Crippen LogP contribution is 2.29. The van der Waals surface area contributed by atoms with Crippen molar-refractivity contribution in [2.24, 2.45) is 5.41 Å². The van der Waals surface area contributed by atoms with Crippen LogP contribution in [-0.4, -0.2) is 5.75 Å². The molecule has 0 bridgehead atoms. The fourth-order valence-electron chi connectivity index (χ4n) is 1.07. The summed E-state index contributed by atoms with van der Waals surface area (Å²) in [6.07, 6.45) is 1.19. The normalized spacial score (nSPS) is 11.7. The third kappa shape index (κ3) is 4.80. The van der Waals surface area contributed by atoms with Gasteiger partial charge in [0.15, 0.2) is 0 Å². The summed E-state index contributed by atoms with van der Waals surface area (Å²) >= 11 is 7.77. The van der Waals surface area contributed by atoms with E-state index < -0.39 is 0 Å². The molecule has 0 unspecified atom stereocenters. The zero-order valence-electron chi connectivity index (χ0n) is 9.51. The van der Waals surface area contributed by atoms with Crippen LogP contribution in [0.1, 0.15) is 27.2 Å². The first kappa shape index (κ1) is 12.7. The van der Waals surface area contributed by atoms with E-state index in [1.807, 2.05) is 30.0 Å². The highest BCUT2D eigenvalue weighted by Gasteiger charge is 2.09. The van der Waals surface area contributed by atoms with Crippen LogP contribution < -0.4 is 5.73 Å². The summed E-state index contributed by atoms with van der Waals surface area (Å²) < 4.78 is 0. The van der Waals surface area contributed by atoms with Gasteiger partial charge in [0.1, 0.15) is 0 Å².